The Balaban J connectivity index is 1.44. The molecule has 0 radical (unpaired) electrons. The number of fused-ring (bicyclic) bond motifs is 2. The first kappa shape index (κ1) is 17.8. The molecule has 27 heavy (non-hydrogen) atoms. The van der Waals surface area contributed by atoms with Gasteiger partial charge in [-0.15, -0.1) is 0 Å². The second-order valence-corrected chi connectivity index (χ2v) is 7.69. The fraction of sp³-hybridized carbons (Fsp3) is 0.476. The Bertz CT molecular complexity index is 968. The van der Waals surface area contributed by atoms with Crippen LogP contribution in [0.2, 0.25) is 0 Å². The largest absolute Gasteiger partial charge is 0.349 e. The smallest absolute Gasteiger partial charge is 0.222 e. The molecule has 2 heterocycles. The lowest BCUT2D eigenvalue weighted by molar-refractivity contribution is -0.122. The summed E-state index contributed by atoms with van der Waals surface area (Å²) < 4.78 is 3.90. The number of carbonyl (C=O) groups is 1. The lowest BCUT2D eigenvalue weighted by Crippen LogP contribution is -2.31. The zero-order valence-electron chi connectivity index (χ0n) is 16.3. The first-order chi connectivity index (χ1) is 13.0. The number of aryl methyl sites for hydroxylation is 3. The predicted octanol–water partition coefficient (Wildman–Crippen LogP) is 3.71. The van der Waals surface area contributed by atoms with Crippen molar-refractivity contribution in [3.05, 3.63) is 47.3 Å². The molecule has 0 bridgehead atoms. The molecule has 4 rings (SSSR count). The molecular formula is C21H27N5O. The zero-order chi connectivity index (χ0) is 19.0. The van der Waals surface area contributed by atoms with Gasteiger partial charge in [0.15, 0.2) is 0 Å². The molecule has 6 nitrogen and oxygen atoms in total. The van der Waals surface area contributed by atoms with Crippen molar-refractivity contribution in [1.82, 2.24) is 24.9 Å². The van der Waals surface area contributed by atoms with Crippen molar-refractivity contribution in [2.45, 2.75) is 65.1 Å². The maximum atomic E-state index is 12.6. The summed E-state index contributed by atoms with van der Waals surface area (Å²) in [7, 11) is 0. The summed E-state index contributed by atoms with van der Waals surface area (Å²) in [5.41, 5.74) is 5.65. The van der Waals surface area contributed by atoms with E-state index < -0.39 is 0 Å². The van der Waals surface area contributed by atoms with Gasteiger partial charge in [0.25, 0.3) is 0 Å². The minimum atomic E-state index is 0.0780. The number of hydrogen-bond acceptors (Lipinski definition) is 3. The summed E-state index contributed by atoms with van der Waals surface area (Å²) in [6, 6.07) is 8.85. The van der Waals surface area contributed by atoms with E-state index in [0.717, 1.165) is 36.0 Å². The summed E-state index contributed by atoms with van der Waals surface area (Å²) in [6.07, 6.45) is 5.50. The van der Waals surface area contributed by atoms with Crippen LogP contribution in [0.15, 0.2) is 30.5 Å². The number of nitrogens with one attached hydrogen (secondary N) is 1. The normalized spacial score (nSPS) is 16.7. The molecule has 0 spiro atoms. The van der Waals surface area contributed by atoms with E-state index in [0.29, 0.717) is 13.0 Å². The molecule has 1 amide bonds. The highest BCUT2D eigenvalue weighted by atomic mass is 16.1. The van der Waals surface area contributed by atoms with Crippen LogP contribution in [0.1, 0.15) is 62.0 Å². The maximum Gasteiger partial charge on any atom is 0.222 e. The van der Waals surface area contributed by atoms with Crippen LogP contribution < -0.4 is 5.32 Å². The van der Waals surface area contributed by atoms with Gasteiger partial charge in [-0.1, -0.05) is 24.3 Å². The summed E-state index contributed by atoms with van der Waals surface area (Å²) in [6.45, 7) is 6.78. The summed E-state index contributed by atoms with van der Waals surface area (Å²) in [5, 5.41) is 12.3. The van der Waals surface area contributed by atoms with E-state index in [4.69, 9.17) is 0 Å². The third-order valence-corrected chi connectivity index (χ3v) is 5.41. The van der Waals surface area contributed by atoms with Crippen LogP contribution in [-0.2, 0) is 17.8 Å². The second-order valence-electron chi connectivity index (χ2n) is 7.69. The number of aromatic nitrogens is 4. The number of amides is 1. The van der Waals surface area contributed by atoms with E-state index in [1.807, 2.05) is 22.5 Å². The highest BCUT2D eigenvalue weighted by Crippen LogP contribution is 2.29. The Morgan fingerprint density at radius 2 is 2.15 bits per heavy atom. The minimum Gasteiger partial charge on any atom is -0.349 e. The Morgan fingerprint density at radius 3 is 2.96 bits per heavy atom. The Kier molecular flexibility index (Phi) is 4.72. The number of nitrogens with zero attached hydrogens (tertiary/aromatic N) is 4. The van der Waals surface area contributed by atoms with Gasteiger partial charge in [-0.25, -0.2) is 0 Å². The third-order valence-electron chi connectivity index (χ3n) is 5.41. The van der Waals surface area contributed by atoms with Crippen LogP contribution >= 0.6 is 0 Å². The monoisotopic (exact) mass is 365 g/mol. The first-order valence-electron chi connectivity index (χ1n) is 9.82. The van der Waals surface area contributed by atoms with Crippen LogP contribution in [0.3, 0.4) is 0 Å². The lowest BCUT2D eigenvalue weighted by atomic mass is 9.88. The van der Waals surface area contributed by atoms with Gasteiger partial charge in [0.05, 0.1) is 24.5 Å². The van der Waals surface area contributed by atoms with E-state index >= 15 is 0 Å². The molecular weight excluding hydrogens is 338 g/mol. The molecule has 1 aliphatic carbocycles. The van der Waals surface area contributed by atoms with Gasteiger partial charge in [-0.2, -0.15) is 10.2 Å². The molecule has 1 aliphatic rings. The quantitative estimate of drug-likeness (QED) is 0.750. The highest BCUT2D eigenvalue weighted by molar-refractivity contribution is 5.79. The first-order valence-corrected chi connectivity index (χ1v) is 9.82. The topological polar surface area (TPSA) is 64.7 Å². The van der Waals surface area contributed by atoms with Gasteiger partial charge in [-0.3, -0.25) is 14.2 Å². The number of hydrogen-bond donors (Lipinski definition) is 1. The van der Waals surface area contributed by atoms with E-state index in [2.05, 4.69) is 53.6 Å². The van der Waals surface area contributed by atoms with Gasteiger partial charge in [-0.05, 0) is 51.2 Å². The molecule has 2 aromatic heterocycles. The third kappa shape index (κ3) is 3.36. The molecule has 1 atom stereocenters. The molecule has 0 saturated carbocycles. The molecule has 0 fully saturated rings. The summed E-state index contributed by atoms with van der Waals surface area (Å²) in [4.78, 5) is 12.6. The van der Waals surface area contributed by atoms with Gasteiger partial charge in [0.1, 0.15) is 11.0 Å². The molecule has 6 heteroatoms. The van der Waals surface area contributed by atoms with E-state index in [9.17, 15) is 4.79 Å². The van der Waals surface area contributed by atoms with Crippen molar-refractivity contribution in [1.29, 1.82) is 0 Å². The highest BCUT2D eigenvalue weighted by Gasteiger charge is 2.21. The predicted molar refractivity (Wildman–Crippen MR) is 106 cm³/mol. The number of rotatable bonds is 5. The maximum absolute atomic E-state index is 12.6. The van der Waals surface area contributed by atoms with Gasteiger partial charge >= 0.3 is 0 Å². The van der Waals surface area contributed by atoms with Crippen molar-refractivity contribution < 1.29 is 4.79 Å². The Labute approximate surface area is 159 Å². The van der Waals surface area contributed by atoms with E-state index in [1.54, 1.807) is 0 Å². The fourth-order valence-electron chi connectivity index (χ4n) is 4.12. The lowest BCUT2D eigenvalue weighted by Gasteiger charge is -2.26. The van der Waals surface area contributed by atoms with Crippen molar-refractivity contribution in [2.24, 2.45) is 0 Å². The Morgan fingerprint density at radius 1 is 1.33 bits per heavy atom. The molecule has 3 aromatic rings. The molecule has 1 aromatic carbocycles. The molecule has 1 unspecified atom stereocenters. The molecule has 1 N–H and O–H groups in total. The Hall–Kier alpha value is -2.63. The van der Waals surface area contributed by atoms with Gasteiger partial charge < -0.3 is 5.32 Å². The van der Waals surface area contributed by atoms with Crippen LogP contribution in [-0.4, -0.2) is 25.5 Å². The molecule has 0 saturated heterocycles. The van der Waals surface area contributed by atoms with E-state index in [-0.39, 0.29) is 18.0 Å². The second kappa shape index (κ2) is 7.18. The van der Waals surface area contributed by atoms with Crippen LogP contribution in [0, 0.1) is 6.92 Å². The standard InChI is InChI=1S/C21H27N5O/c1-14(2)26-19-13-22-25(21(19)15(3)24-26)12-11-20(27)23-18-10-6-8-16-7-4-5-9-17(16)18/h4-5,7,9,13-14,18H,6,8,10-12H2,1-3H3,(H,23,27). The molecule has 0 aliphatic heterocycles. The summed E-state index contributed by atoms with van der Waals surface area (Å²) >= 11 is 0. The van der Waals surface area contributed by atoms with Crippen LogP contribution in [0.25, 0.3) is 11.0 Å². The van der Waals surface area contributed by atoms with Crippen LogP contribution in [0.5, 0.6) is 0 Å². The van der Waals surface area contributed by atoms with E-state index in [1.165, 1.54) is 11.1 Å². The average Bonchev–Trinajstić information content (AvgIpc) is 3.22. The summed E-state index contributed by atoms with van der Waals surface area (Å²) in [5.74, 6) is 0.0780. The average molecular weight is 365 g/mol. The van der Waals surface area contributed by atoms with Crippen molar-refractivity contribution in [3.63, 3.8) is 0 Å². The van der Waals surface area contributed by atoms with Crippen molar-refractivity contribution >= 4 is 16.9 Å². The molecule has 142 valence electrons. The zero-order valence-corrected chi connectivity index (χ0v) is 16.3. The van der Waals surface area contributed by atoms with Gasteiger partial charge in [0.2, 0.25) is 5.91 Å². The number of benzene rings is 1. The van der Waals surface area contributed by atoms with Gasteiger partial charge in [0, 0.05) is 12.5 Å². The van der Waals surface area contributed by atoms with Crippen molar-refractivity contribution in [3.8, 4) is 0 Å². The van der Waals surface area contributed by atoms with Crippen molar-refractivity contribution in [2.75, 3.05) is 0 Å². The minimum absolute atomic E-state index is 0.0780. The fourth-order valence-corrected chi connectivity index (χ4v) is 4.12. The van der Waals surface area contributed by atoms with Crippen LogP contribution in [0.4, 0.5) is 0 Å². The number of carbonyl (C=O) groups excluding carboxylic acids is 1. The SMILES string of the molecule is Cc1nn(C(C)C)c2cnn(CCC(=O)NC3CCCc4ccccc43)c12.